The average Bonchev–Trinajstić information content (AvgIpc) is 3.67. The number of ether oxygens (including phenoxy) is 5. The van der Waals surface area contributed by atoms with Crippen LogP contribution < -0.4 is 23.7 Å². The number of esters is 1. The molecule has 238 valence electrons. The number of halogens is 1. The highest BCUT2D eigenvalue weighted by Gasteiger charge is 2.13. The van der Waals surface area contributed by atoms with Crippen LogP contribution in [0.2, 0.25) is 0 Å². The Labute approximate surface area is 273 Å². The Bertz CT molecular complexity index is 1670. The predicted octanol–water partition coefficient (Wildman–Crippen LogP) is 8.96. The Morgan fingerprint density at radius 1 is 0.674 bits per heavy atom. The van der Waals surface area contributed by atoms with Crippen molar-refractivity contribution in [1.29, 1.82) is 0 Å². The molecule has 0 radical (unpaired) electrons. The molecule has 0 bridgehead atoms. The van der Waals surface area contributed by atoms with Gasteiger partial charge in [-0.15, -0.1) is 0 Å². The topological polar surface area (TPSA) is 106 Å². The molecule has 46 heavy (non-hydrogen) atoms. The number of hydrogen-bond acceptors (Lipinski definition) is 9. The fourth-order valence-electron chi connectivity index (χ4n) is 4.52. The molecule has 1 aliphatic rings. The third-order valence-electron chi connectivity index (χ3n) is 6.76. The number of methoxy groups -OCH3 is 2. The second-order valence-electron chi connectivity index (χ2n) is 10.0. The van der Waals surface area contributed by atoms with Gasteiger partial charge in [0.15, 0.2) is 11.5 Å². The lowest BCUT2D eigenvalue weighted by Gasteiger charge is -2.11. The van der Waals surface area contributed by atoms with E-state index in [1.165, 1.54) is 38.4 Å². The first-order valence-corrected chi connectivity index (χ1v) is 15.1. The number of carbonyl (C=O) groups excluding carboxylic acids is 2. The van der Waals surface area contributed by atoms with Crippen molar-refractivity contribution in [2.24, 2.45) is 0 Å². The Hall–Kier alpha value is -5.15. The van der Waals surface area contributed by atoms with Gasteiger partial charge in [-0.1, -0.05) is 80.6 Å². The summed E-state index contributed by atoms with van der Waals surface area (Å²) in [6, 6.07) is 28.4. The zero-order valence-corrected chi connectivity index (χ0v) is 26.4. The van der Waals surface area contributed by atoms with Crippen LogP contribution in [-0.2, 0) is 11.2 Å². The van der Waals surface area contributed by atoms with Gasteiger partial charge in [0, 0.05) is 17.7 Å². The van der Waals surface area contributed by atoms with E-state index in [9.17, 15) is 9.59 Å². The van der Waals surface area contributed by atoms with Gasteiger partial charge in [0.05, 0.1) is 31.5 Å². The van der Waals surface area contributed by atoms with Crippen molar-refractivity contribution in [1.82, 2.24) is 9.97 Å². The normalized spacial score (nSPS) is 11.6. The number of para-hydroxylation sites is 2. The summed E-state index contributed by atoms with van der Waals surface area (Å²) in [6.07, 6.45) is 9.08. The molecule has 4 aromatic carbocycles. The van der Waals surface area contributed by atoms with Gasteiger partial charge < -0.3 is 23.7 Å². The van der Waals surface area contributed by atoms with Crippen molar-refractivity contribution < 1.29 is 33.3 Å². The molecule has 0 unspecified atom stereocenters. The Morgan fingerprint density at radius 2 is 1.22 bits per heavy atom. The van der Waals surface area contributed by atoms with E-state index >= 15 is 0 Å². The lowest BCUT2D eigenvalue weighted by molar-refractivity contribution is -0.133. The highest BCUT2D eigenvalue weighted by molar-refractivity contribution is 6.61. The molecule has 5 aromatic rings. The van der Waals surface area contributed by atoms with Crippen molar-refractivity contribution in [3.8, 4) is 34.6 Å². The highest BCUT2D eigenvalue weighted by Crippen LogP contribution is 2.35. The fourth-order valence-corrected chi connectivity index (χ4v) is 4.60. The van der Waals surface area contributed by atoms with Crippen LogP contribution in [0.1, 0.15) is 37.7 Å². The lowest BCUT2D eigenvalue weighted by atomic mass is 10.1. The Kier molecular flexibility index (Phi) is 13.2. The van der Waals surface area contributed by atoms with Crippen LogP contribution in [-0.4, -0.2) is 35.6 Å². The summed E-state index contributed by atoms with van der Waals surface area (Å²) in [7, 11) is 3.13. The molecule has 6 rings (SSSR count). The van der Waals surface area contributed by atoms with E-state index in [0.29, 0.717) is 45.5 Å². The van der Waals surface area contributed by atoms with Crippen LogP contribution in [0, 0.1) is 0 Å². The first-order valence-electron chi connectivity index (χ1n) is 14.8. The van der Waals surface area contributed by atoms with Crippen molar-refractivity contribution in [3.05, 3.63) is 109 Å². The van der Waals surface area contributed by atoms with Gasteiger partial charge in [-0.25, -0.2) is 14.8 Å². The van der Waals surface area contributed by atoms with Gasteiger partial charge in [0.1, 0.15) is 23.6 Å². The van der Waals surface area contributed by atoms with Gasteiger partial charge in [-0.3, -0.25) is 4.79 Å². The van der Waals surface area contributed by atoms with Gasteiger partial charge in [-0.2, -0.15) is 0 Å². The maximum absolute atomic E-state index is 12.1. The molecule has 9 nitrogen and oxygen atoms in total. The number of rotatable bonds is 8. The molecule has 10 heteroatoms. The van der Waals surface area contributed by atoms with Crippen molar-refractivity contribution in [2.75, 3.05) is 14.2 Å². The van der Waals surface area contributed by atoms with E-state index in [4.69, 9.17) is 30.5 Å². The van der Waals surface area contributed by atoms with Crippen molar-refractivity contribution in [3.63, 3.8) is 0 Å². The third-order valence-corrected chi connectivity index (χ3v) is 6.83. The highest BCUT2D eigenvalue weighted by atomic mass is 35.5. The second kappa shape index (κ2) is 18.0. The van der Waals surface area contributed by atoms with Crippen molar-refractivity contribution >= 4 is 33.9 Å². The number of nitrogens with zero attached hydrogens (tertiary/aromatic N) is 2. The second-order valence-corrected chi connectivity index (χ2v) is 10.3. The van der Waals surface area contributed by atoms with Gasteiger partial charge in [0.2, 0.25) is 5.88 Å². The van der Waals surface area contributed by atoms with Crippen LogP contribution in [0.3, 0.4) is 0 Å². The maximum atomic E-state index is 12.1. The van der Waals surface area contributed by atoms with E-state index in [1.54, 1.807) is 74.9 Å². The van der Waals surface area contributed by atoms with Crippen LogP contribution in [0.4, 0.5) is 4.79 Å². The first-order chi connectivity index (χ1) is 22.4. The molecule has 0 spiro atoms. The van der Waals surface area contributed by atoms with Crippen LogP contribution in [0.5, 0.6) is 34.6 Å². The van der Waals surface area contributed by atoms with Crippen LogP contribution >= 0.6 is 11.6 Å². The minimum Gasteiger partial charge on any atom is -0.493 e. The van der Waals surface area contributed by atoms with Gasteiger partial charge in [-0.05, 0) is 48.0 Å². The average molecular weight is 643 g/mol. The molecule has 0 amide bonds. The summed E-state index contributed by atoms with van der Waals surface area (Å²) in [5.41, 5.74) is 0.668. The fraction of sp³-hybridized carbons (Fsp3) is 0.222. The lowest BCUT2D eigenvalue weighted by Crippen LogP contribution is -2.11. The summed E-state index contributed by atoms with van der Waals surface area (Å²) in [5.74, 6) is 2.76. The molecule has 1 heterocycles. The summed E-state index contributed by atoms with van der Waals surface area (Å²) in [4.78, 5) is 30.8. The molecular formula is C36H35ClN2O7. The number of carbonyl (C=O) groups is 2. The zero-order chi connectivity index (χ0) is 32.6. The van der Waals surface area contributed by atoms with E-state index in [1.807, 2.05) is 36.4 Å². The van der Waals surface area contributed by atoms with Gasteiger partial charge in [0.25, 0.3) is 0 Å². The van der Waals surface area contributed by atoms with E-state index in [0.717, 1.165) is 5.56 Å². The number of fused-ring (bicyclic) bond motifs is 1. The summed E-state index contributed by atoms with van der Waals surface area (Å²) in [5, 5.41) is 0.690. The molecule has 0 atom stereocenters. The quantitative estimate of drug-likeness (QED) is 0.0931. The predicted molar refractivity (Wildman–Crippen MR) is 176 cm³/mol. The van der Waals surface area contributed by atoms with Crippen LogP contribution in [0.25, 0.3) is 10.9 Å². The van der Waals surface area contributed by atoms with Crippen LogP contribution in [0.15, 0.2) is 103 Å². The Morgan fingerprint density at radius 3 is 1.76 bits per heavy atom. The summed E-state index contributed by atoms with van der Waals surface area (Å²) in [6.45, 7) is 0. The minimum absolute atomic E-state index is 0.155. The first kappa shape index (κ1) is 33.7. The van der Waals surface area contributed by atoms with E-state index < -0.39 is 5.43 Å². The minimum atomic E-state index is -0.814. The standard InChI is InChI=1S/C24H20N2O5.C7H5ClO2.C5H10/c1-28-21-13-19-20(14-22(21)29-2)25-15-26-24(19)31-18-10-8-16(9-11-18)12-23(27)30-17-6-4-3-5-7-17;8-7(9)10-6-4-2-1-3-5-6;1-2-4-5-3-1/h3-11,13-15H,12H2,1-2H3;1-5H;1-5H2. The molecular weight excluding hydrogens is 608 g/mol. The summed E-state index contributed by atoms with van der Waals surface area (Å²) >= 11 is 4.95. The molecule has 0 saturated heterocycles. The number of benzene rings is 4. The SMILES string of the molecule is C1CCCC1.COc1cc2ncnc(Oc3ccc(CC(=O)Oc4ccccc4)cc3)c2cc1OC.O=C(Cl)Oc1ccccc1. The molecule has 1 saturated carbocycles. The molecule has 0 N–H and O–H groups in total. The monoisotopic (exact) mass is 642 g/mol. The molecule has 1 aliphatic carbocycles. The molecule has 1 aromatic heterocycles. The number of hydrogen-bond donors (Lipinski definition) is 0. The molecule has 1 fully saturated rings. The largest absolute Gasteiger partial charge is 0.493 e. The summed E-state index contributed by atoms with van der Waals surface area (Å²) < 4.78 is 26.5. The smallest absolute Gasteiger partial charge is 0.409 e. The van der Waals surface area contributed by atoms with Crippen molar-refractivity contribution in [2.45, 2.75) is 38.5 Å². The Balaban J connectivity index is 0.000000261. The zero-order valence-electron chi connectivity index (χ0n) is 25.7. The number of aromatic nitrogens is 2. The van der Waals surface area contributed by atoms with E-state index in [2.05, 4.69) is 14.7 Å². The van der Waals surface area contributed by atoms with E-state index in [-0.39, 0.29) is 12.4 Å². The third kappa shape index (κ3) is 10.8. The molecule has 0 aliphatic heterocycles. The maximum Gasteiger partial charge on any atom is 0.409 e. The van der Waals surface area contributed by atoms with Gasteiger partial charge >= 0.3 is 11.4 Å².